The van der Waals surface area contributed by atoms with Crippen molar-refractivity contribution >= 4 is 10.0 Å². The van der Waals surface area contributed by atoms with Gasteiger partial charge in [-0.3, -0.25) is 4.90 Å². The standard InChI is InChI=1S/C23H32N2O3S/c1-23(2)17-21(15-20-14-18-6-4-5-7-19(18)16-22(20)23)28-13-12-24-8-10-25(11-9-24)29(3,26)27/h4-7,17H,8-16H2,1-3H3. The van der Waals surface area contributed by atoms with Gasteiger partial charge >= 0.3 is 0 Å². The molecule has 1 aromatic carbocycles. The van der Waals surface area contributed by atoms with Crippen molar-refractivity contribution in [2.45, 2.75) is 33.1 Å². The Morgan fingerprint density at radius 2 is 1.66 bits per heavy atom. The number of hydrogen-bond acceptors (Lipinski definition) is 4. The highest BCUT2D eigenvalue weighted by molar-refractivity contribution is 7.88. The monoisotopic (exact) mass is 416 g/mol. The molecule has 0 unspecified atom stereocenters. The Bertz CT molecular complexity index is 939. The van der Waals surface area contributed by atoms with E-state index in [1.807, 2.05) is 0 Å². The molecule has 0 amide bonds. The number of hydrogen-bond donors (Lipinski definition) is 0. The van der Waals surface area contributed by atoms with Crippen LogP contribution in [0.3, 0.4) is 0 Å². The molecule has 0 atom stereocenters. The first-order chi connectivity index (χ1) is 13.7. The minimum absolute atomic E-state index is 0.0254. The Morgan fingerprint density at radius 1 is 1.00 bits per heavy atom. The lowest BCUT2D eigenvalue weighted by Crippen LogP contribution is -2.49. The number of piperazine rings is 1. The molecule has 1 saturated heterocycles. The van der Waals surface area contributed by atoms with E-state index in [-0.39, 0.29) is 5.41 Å². The van der Waals surface area contributed by atoms with Crippen LogP contribution in [0.4, 0.5) is 0 Å². The van der Waals surface area contributed by atoms with Crippen molar-refractivity contribution in [2.24, 2.45) is 5.41 Å². The second-order valence-electron chi connectivity index (χ2n) is 9.07. The Kier molecular flexibility index (Phi) is 5.62. The number of nitrogens with zero attached hydrogens (tertiary/aromatic N) is 2. The molecule has 4 rings (SSSR count). The Hall–Kier alpha value is -1.63. The molecule has 0 saturated carbocycles. The van der Waals surface area contributed by atoms with Crippen LogP contribution in [-0.4, -0.2) is 63.2 Å². The summed E-state index contributed by atoms with van der Waals surface area (Å²) in [6.07, 6.45) is 6.59. The van der Waals surface area contributed by atoms with Crippen LogP contribution < -0.4 is 0 Å². The topological polar surface area (TPSA) is 49.9 Å². The number of fused-ring (bicyclic) bond motifs is 1. The summed E-state index contributed by atoms with van der Waals surface area (Å²) in [5.41, 5.74) is 6.02. The van der Waals surface area contributed by atoms with Crippen LogP contribution in [-0.2, 0) is 27.6 Å². The number of benzene rings is 1. The molecule has 0 aromatic heterocycles. The summed E-state index contributed by atoms with van der Waals surface area (Å²) in [5.74, 6) is 1.09. The van der Waals surface area contributed by atoms with Crippen LogP contribution >= 0.6 is 0 Å². The lowest BCUT2D eigenvalue weighted by molar-refractivity contribution is 0.125. The zero-order chi connectivity index (χ0) is 20.6. The average Bonchev–Trinajstić information content (AvgIpc) is 2.66. The molecule has 0 N–H and O–H groups in total. The maximum absolute atomic E-state index is 11.6. The van der Waals surface area contributed by atoms with E-state index in [0.29, 0.717) is 19.7 Å². The molecule has 29 heavy (non-hydrogen) atoms. The first-order valence-electron chi connectivity index (χ1n) is 10.5. The predicted molar refractivity (Wildman–Crippen MR) is 116 cm³/mol. The van der Waals surface area contributed by atoms with Crippen molar-refractivity contribution in [3.8, 4) is 0 Å². The summed E-state index contributed by atoms with van der Waals surface area (Å²) in [6, 6.07) is 8.78. The van der Waals surface area contributed by atoms with Gasteiger partial charge in [-0.25, -0.2) is 8.42 Å². The molecule has 0 spiro atoms. The van der Waals surface area contributed by atoms with Gasteiger partial charge in [-0.1, -0.05) is 49.3 Å². The smallest absolute Gasteiger partial charge is 0.211 e. The SMILES string of the molecule is CC1(C)C=C(OCCN2CCN(S(C)(=O)=O)CC2)CC2=C1Cc1ccccc1C2. The highest BCUT2D eigenvalue weighted by Crippen LogP contribution is 2.44. The van der Waals surface area contributed by atoms with Gasteiger partial charge in [-0.05, 0) is 30.0 Å². The summed E-state index contributed by atoms with van der Waals surface area (Å²) in [4.78, 5) is 2.29. The normalized spacial score (nSPS) is 22.7. The number of ether oxygens (including phenoxy) is 1. The van der Waals surface area contributed by atoms with Crippen LogP contribution in [0.25, 0.3) is 0 Å². The average molecular weight is 417 g/mol. The van der Waals surface area contributed by atoms with E-state index in [1.54, 1.807) is 9.88 Å². The van der Waals surface area contributed by atoms with E-state index in [4.69, 9.17) is 4.74 Å². The predicted octanol–water partition coefficient (Wildman–Crippen LogP) is 2.99. The van der Waals surface area contributed by atoms with E-state index < -0.39 is 10.0 Å². The van der Waals surface area contributed by atoms with Crippen LogP contribution in [0.2, 0.25) is 0 Å². The van der Waals surface area contributed by atoms with Crippen LogP contribution in [0.5, 0.6) is 0 Å². The van der Waals surface area contributed by atoms with E-state index in [2.05, 4.69) is 49.1 Å². The molecule has 1 heterocycles. The van der Waals surface area contributed by atoms with Crippen molar-refractivity contribution in [3.05, 3.63) is 58.4 Å². The highest BCUT2D eigenvalue weighted by atomic mass is 32.2. The van der Waals surface area contributed by atoms with Crippen molar-refractivity contribution in [3.63, 3.8) is 0 Å². The van der Waals surface area contributed by atoms with Crippen molar-refractivity contribution < 1.29 is 13.2 Å². The van der Waals surface area contributed by atoms with Crippen LogP contribution in [0.1, 0.15) is 31.4 Å². The van der Waals surface area contributed by atoms with E-state index >= 15 is 0 Å². The lowest BCUT2D eigenvalue weighted by Gasteiger charge is -2.37. The lowest BCUT2D eigenvalue weighted by atomic mass is 9.69. The molecule has 1 fully saturated rings. The molecule has 3 aliphatic rings. The fourth-order valence-electron chi connectivity index (χ4n) is 4.84. The molecule has 1 aromatic rings. The molecule has 158 valence electrons. The Labute approximate surface area is 175 Å². The zero-order valence-electron chi connectivity index (χ0n) is 17.8. The summed E-state index contributed by atoms with van der Waals surface area (Å²) in [7, 11) is -3.07. The molecular weight excluding hydrogens is 384 g/mol. The van der Waals surface area contributed by atoms with Gasteiger partial charge in [-0.2, -0.15) is 4.31 Å². The van der Waals surface area contributed by atoms with Gasteiger partial charge in [0.1, 0.15) is 6.61 Å². The summed E-state index contributed by atoms with van der Waals surface area (Å²) in [5, 5.41) is 0. The van der Waals surface area contributed by atoms with E-state index in [0.717, 1.165) is 44.7 Å². The molecule has 2 aliphatic carbocycles. The molecule has 1 aliphatic heterocycles. The number of sulfonamides is 1. The fraction of sp³-hybridized carbons (Fsp3) is 0.565. The van der Waals surface area contributed by atoms with Gasteiger partial charge in [0.15, 0.2) is 0 Å². The van der Waals surface area contributed by atoms with Gasteiger partial charge in [0, 0.05) is 44.6 Å². The minimum Gasteiger partial charge on any atom is -0.497 e. The van der Waals surface area contributed by atoms with Crippen molar-refractivity contribution in [1.82, 2.24) is 9.21 Å². The van der Waals surface area contributed by atoms with Gasteiger partial charge in [-0.15, -0.1) is 0 Å². The van der Waals surface area contributed by atoms with Gasteiger partial charge in [0.25, 0.3) is 0 Å². The molecule has 5 nitrogen and oxygen atoms in total. The number of rotatable bonds is 5. The zero-order valence-corrected chi connectivity index (χ0v) is 18.6. The third-order valence-electron chi connectivity index (χ3n) is 6.50. The van der Waals surface area contributed by atoms with Gasteiger partial charge in [0.05, 0.1) is 12.0 Å². The Balaban J connectivity index is 1.32. The molecular formula is C23H32N2O3S. The first kappa shape index (κ1) is 20.6. The largest absolute Gasteiger partial charge is 0.497 e. The highest BCUT2D eigenvalue weighted by Gasteiger charge is 2.33. The van der Waals surface area contributed by atoms with Gasteiger partial charge < -0.3 is 4.74 Å². The summed E-state index contributed by atoms with van der Waals surface area (Å²) in [6.45, 7) is 8.77. The van der Waals surface area contributed by atoms with E-state index in [1.165, 1.54) is 23.0 Å². The first-order valence-corrected chi connectivity index (χ1v) is 12.4. The molecule has 6 heteroatoms. The molecule has 0 radical (unpaired) electrons. The maximum atomic E-state index is 11.6. The second kappa shape index (κ2) is 7.89. The summed E-state index contributed by atoms with van der Waals surface area (Å²) >= 11 is 0. The second-order valence-corrected chi connectivity index (χ2v) is 11.0. The maximum Gasteiger partial charge on any atom is 0.211 e. The third-order valence-corrected chi connectivity index (χ3v) is 7.80. The Morgan fingerprint density at radius 3 is 2.31 bits per heavy atom. The quantitative estimate of drug-likeness (QED) is 0.693. The summed E-state index contributed by atoms with van der Waals surface area (Å²) < 4.78 is 31.0. The van der Waals surface area contributed by atoms with Crippen LogP contribution in [0, 0.1) is 5.41 Å². The fourth-order valence-corrected chi connectivity index (χ4v) is 5.67. The van der Waals surface area contributed by atoms with Crippen molar-refractivity contribution in [2.75, 3.05) is 45.6 Å². The minimum atomic E-state index is -3.07. The van der Waals surface area contributed by atoms with Crippen LogP contribution in [0.15, 0.2) is 47.2 Å². The number of allylic oxidation sites excluding steroid dienone is 3. The molecule has 0 bridgehead atoms. The van der Waals surface area contributed by atoms with Gasteiger partial charge in [0.2, 0.25) is 10.0 Å². The van der Waals surface area contributed by atoms with E-state index in [9.17, 15) is 8.42 Å². The van der Waals surface area contributed by atoms with Crippen molar-refractivity contribution in [1.29, 1.82) is 0 Å². The third kappa shape index (κ3) is 4.60.